The van der Waals surface area contributed by atoms with E-state index < -0.39 is 0 Å². The van der Waals surface area contributed by atoms with Crippen molar-refractivity contribution in [2.45, 2.75) is 34.1 Å². The molecule has 0 aromatic rings. The quantitative estimate of drug-likeness (QED) is 0.711. The summed E-state index contributed by atoms with van der Waals surface area (Å²) in [5.74, 6) is 0.558. The molecule has 2 atom stereocenters. The molecule has 15 heavy (non-hydrogen) atoms. The van der Waals surface area contributed by atoms with E-state index in [-0.39, 0.29) is 17.3 Å². The highest BCUT2D eigenvalue weighted by Crippen LogP contribution is 2.33. The molecule has 1 saturated heterocycles. The van der Waals surface area contributed by atoms with Gasteiger partial charge in [0.25, 0.3) is 0 Å². The topological polar surface area (TPSA) is 38.3 Å². The van der Waals surface area contributed by atoms with Gasteiger partial charge in [-0.3, -0.25) is 4.79 Å². The molecule has 1 N–H and O–H groups in total. The van der Waals surface area contributed by atoms with Crippen molar-refractivity contribution < 1.29 is 9.53 Å². The van der Waals surface area contributed by atoms with E-state index in [0.29, 0.717) is 12.5 Å². The molecular weight excluding hydrogens is 190 g/mol. The first-order valence-electron chi connectivity index (χ1n) is 5.82. The molecule has 3 heteroatoms. The third-order valence-corrected chi connectivity index (χ3v) is 3.20. The van der Waals surface area contributed by atoms with Crippen LogP contribution >= 0.6 is 0 Å². The van der Waals surface area contributed by atoms with Gasteiger partial charge >= 0.3 is 5.97 Å². The second-order valence-corrected chi connectivity index (χ2v) is 5.41. The van der Waals surface area contributed by atoms with Crippen molar-refractivity contribution in [3.05, 3.63) is 0 Å². The summed E-state index contributed by atoms with van der Waals surface area (Å²) in [4.78, 5) is 11.6. The van der Waals surface area contributed by atoms with Gasteiger partial charge in [-0.05, 0) is 31.2 Å². The molecule has 88 valence electrons. The first-order valence-corrected chi connectivity index (χ1v) is 5.82. The number of rotatable bonds is 2. The van der Waals surface area contributed by atoms with Crippen LogP contribution in [0.1, 0.15) is 34.1 Å². The van der Waals surface area contributed by atoms with Crippen LogP contribution in [0.2, 0.25) is 0 Å². The normalized spacial score (nSPS) is 27.5. The average molecular weight is 213 g/mol. The molecule has 3 nitrogen and oxygen atoms in total. The van der Waals surface area contributed by atoms with E-state index in [1.54, 1.807) is 0 Å². The standard InChI is InChI=1S/C12H23NO2/c1-5-15-11(14)9-6-10(8-13-7-9)12(2,3)4/h9-10,13H,5-8H2,1-4H3/t9-,10-/m0/s1. The van der Waals surface area contributed by atoms with Gasteiger partial charge in [0.05, 0.1) is 12.5 Å². The summed E-state index contributed by atoms with van der Waals surface area (Å²) in [5, 5.41) is 3.33. The monoisotopic (exact) mass is 213 g/mol. The lowest BCUT2D eigenvalue weighted by Gasteiger charge is -2.37. The smallest absolute Gasteiger partial charge is 0.310 e. The molecule has 1 rings (SSSR count). The number of ether oxygens (including phenoxy) is 1. The number of nitrogens with one attached hydrogen (secondary N) is 1. The van der Waals surface area contributed by atoms with Gasteiger partial charge in [-0.25, -0.2) is 0 Å². The third kappa shape index (κ3) is 3.49. The van der Waals surface area contributed by atoms with Gasteiger partial charge in [-0.15, -0.1) is 0 Å². The Morgan fingerprint density at radius 2 is 2.07 bits per heavy atom. The van der Waals surface area contributed by atoms with Gasteiger partial charge in [0, 0.05) is 6.54 Å². The van der Waals surface area contributed by atoms with Crippen LogP contribution < -0.4 is 5.32 Å². The molecule has 0 aliphatic carbocycles. The van der Waals surface area contributed by atoms with Crippen LogP contribution in [0, 0.1) is 17.3 Å². The summed E-state index contributed by atoms with van der Waals surface area (Å²) in [6.45, 7) is 10.8. The molecule has 0 aromatic carbocycles. The molecule has 1 heterocycles. The zero-order valence-electron chi connectivity index (χ0n) is 10.3. The Morgan fingerprint density at radius 1 is 1.40 bits per heavy atom. The first kappa shape index (κ1) is 12.5. The Kier molecular flexibility index (Phi) is 4.14. The van der Waals surface area contributed by atoms with Gasteiger partial charge in [0.2, 0.25) is 0 Å². The molecule has 0 radical (unpaired) electrons. The second-order valence-electron chi connectivity index (χ2n) is 5.41. The van der Waals surface area contributed by atoms with Crippen LogP contribution in [-0.4, -0.2) is 25.7 Å². The highest BCUT2D eigenvalue weighted by atomic mass is 16.5. The predicted octanol–water partition coefficient (Wildman–Crippen LogP) is 1.82. The van der Waals surface area contributed by atoms with Crippen molar-refractivity contribution in [3.63, 3.8) is 0 Å². The molecule has 0 saturated carbocycles. The maximum Gasteiger partial charge on any atom is 0.310 e. The summed E-state index contributed by atoms with van der Waals surface area (Å²) in [6, 6.07) is 0. The summed E-state index contributed by atoms with van der Waals surface area (Å²) in [6.07, 6.45) is 0.954. The van der Waals surface area contributed by atoms with Crippen LogP contribution in [0.15, 0.2) is 0 Å². The number of piperidine rings is 1. The molecule has 0 amide bonds. The van der Waals surface area contributed by atoms with Crippen LogP contribution in [0.25, 0.3) is 0 Å². The number of hydrogen-bond acceptors (Lipinski definition) is 3. The first-order chi connectivity index (χ1) is 6.95. The maximum atomic E-state index is 11.6. The van der Waals surface area contributed by atoms with Crippen molar-refractivity contribution in [1.29, 1.82) is 0 Å². The molecule has 1 aliphatic heterocycles. The number of carbonyl (C=O) groups is 1. The number of carbonyl (C=O) groups excluding carboxylic acids is 1. The highest BCUT2D eigenvalue weighted by Gasteiger charge is 2.33. The second kappa shape index (κ2) is 4.97. The lowest BCUT2D eigenvalue weighted by atomic mass is 9.74. The van der Waals surface area contributed by atoms with Gasteiger partial charge < -0.3 is 10.1 Å². The van der Waals surface area contributed by atoms with E-state index in [4.69, 9.17) is 4.74 Å². The van der Waals surface area contributed by atoms with E-state index in [1.165, 1.54) is 0 Å². The SMILES string of the molecule is CCOC(=O)[C@@H]1CNC[C@@H](C(C)(C)C)C1. The summed E-state index contributed by atoms with van der Waals surface area (Å²) >= 11 is 0. The molecule has 0 aromatic heterocycles. The summed E-state index contributed by atoms with van der Waals surface area (Å²) in [7, 11) is 0. The zero-order chi connectivity index (χ0) is 11.5. The zero-order valence-corrected chi connectivity index (χ0v) is 10.3. The van der Waals surface area contributed by atoms with Gasteiger partial charge in [-0.1, -0.05) is 20.8 Å². The Labute approximate surface area is 92.6 Å². The van der Waals surface area contributed by atoms with Crippen LogP contribution in [-0.2, 0) is 9.53 Å². The largest absolute Gasteiger partial charge is 0.466 e. The minimum Gasteiger partial charge on any atom is -0.466 e. The van der Waals surface area contributed by atoms with Crippen molar-refractivity contribution >= 4 is 5.97 Å². The van der Waals surface area contributed by atoms with E-state index in [2.05, 4.69) is 26.1 Å². The predicted molar refractivity (Wildman–Crippen MR) is 60.6 cm³/mol. The van der Waals surface area contributed by atoms with Gasteiger partial charge in [-0.2, -0.15) is 0 Å². The Bertz CT molecular complexity index is 220. The van der Waals surface area contributed by atoms with Crippen LogP contribution in [0.5, 0.6) is 0 Å². The number of esters is 1. The molecule has 0 bridgehead atoms. The highest BCUT2D eigenvalue weighted by molar-refractivity contribution is 5.72. The fourth-order valence-corrected chi connectivity index (χ4v) is 2.04. The summed E-state index contributed by atoms with van der Waals surface area (Å²) in [5.41, 5.74) is 0.262. The van der Waals surface area contributed by atoms with E-state index in [1.807, 2.05) is 6.92 Å². The molecule has 0 spiro atoms. The average Bonchev–Trinajstić information content (AvgIpc) is 2.17. The maximum absolute atomic E-state index is 11.6. The minimum absolute atomic E-state index is 0.0426. The molecule has 1 fully saturated rings. The van der Waals surface area contributed by atoms with Gasteiger partial charge in [0.1, 0.15) is 0 Å². The lowest BCUT2D eigenvalue weighted by molar-refractivity contribution is -0.149. The van der Waals surface area contributed by atoms with Crippen molar-refractivity contribution in [3.8, 4) is 0 Å². The van der Waals surface area contributed by atoms with Gasteiger partial charge in [0.15, 0.2) is 0 Å². The molecular formula is C12H23NO2. The molecule has 0 unspecified atom stereocenters. The van der Waals surface area contributed by atoms with E-state index in [9.17, 15) is 4.79 Å². The third-order valence-electron chi connectivity index (χ3n) is 3.20. The minimum atomic E-state index is -0.0426. The van der Waals surface area contributed by atoms with E-state index in [0.717, 1.165) is 19.5 Å². The fraction of sp³-hybridized carbons (Fsp3) is 0.917. The van der Waals surface area contributed by atoms with Crippen molar-refractivity contribution in [2.24, 2.45) is 17.3 Å². The lowest BCUT2D eigenvalue weighted by Crippen LogP contribution is -2.44. The Balaban J connectivity index is 2.52. The fourth-order valence-electron chi connectivity index (χ4n) is 2.04. The Hall–Kier alpha value is -0.570. The molecule has 1 aliphatic rings. The summed E-state index contributed by atoms with van der Waals surface area (Å²) < 4.78 is 5.06. The number of hydrogen-bond donors (Lipinski definition) is 1. The van der Waals surface area contributed by atoms with Crippen LogP contribution in [0.3, 0.4) is 0 Å². The van der Waals surface area contributed by atoms with Crippen molar-refractivity contribution in [1.82, 2.24) is 5.32 Å². The van der Waals surface area contributed by atoms with Crippen molar-refractivity contribution in [2.75, 3.05) is 19.7 Å². The van der Waals surface area contributed by atoms with E-state index >= 15 is 0 Å². The Morgan fingerprint density at radius 3 is 2.60 bits per heavy atom. The van der Waals surface area contributed by atoms with Crippen LogP contribution in [0.4, 0.5) is 0 Å².